The van der Waals surface area contributed by atoms with E-state index < -0.39 is 29.7 Å². The Morgan fingerprint density at radius 2 is 1.74 bits per heavy atom. The van der Waals surface area contributed by atoms with Crippen LogP contribution in [0.5, 0.6) is 5.75 Å². The molecule has 1 unspecified atom stereocenters. The molecule has 1 rings (SSSR count). The van der Waals surface area contributed by atoms with Crippen molar-refractivity contribution < 1.29 is 29.0 Å². The van der Waals surface area contributed by atoms with Crippen molar-refractivity contribution in [2.24, 2.45) is 0 Å². The Morgan fingerprint density at radius 3 is 2.17 bits per heavy atom. The smallest absolute Gasteiger partial charge is 0.408 e. The van der Waals surface area contributed by atoms with Gasteiger partial charge in [0.15, 0.2) is 0 Å². The number of alkyl carbamates (subject to hydrolysis) is 1. The molecule has 1 aromatic carbocycles. The number of carbonyl (C=O) groups is 3. The van der Waals surface area contributed by atoms with E-state index in [1.165, 1.54) is 19.1 Å². The minimum atomic E-state index is -1.06. The first kappa shape index (κ1) is 18.5. The Hall–Kier alpha value is -2.57. The summed E-state index contributed by atoms with van der Waals surface area (Å²) in [6.45, 7) is 6.43. The number of ether oxygens (including phenoxy) is 2. The van der Waals surface area contributed by atoms with Crippen LogP contribution in [0.3, 0.4) is 0 Å². The van der Waals surface area contributed by atoms with Crippen LogP contribution in [0.15, 0.2) is 24.3 Å². The Labute approximate surface area is 134 Å². The van der Waals surface area contributed by atoms with Crippen molar-refractivity contribution in [2.75, 3.05) is 0 Å². The van der Waals surface area contributed by atoms with Crippen molar-refractivity contribution in [2.45, 2.75) is 45.8 Å². The molecule has 23 heavy (non-hydrogen) atoms. The van der Waals surface area contributed by atoms with E-state index in [4.69, 9.17) is 14.6 Å². The van der Waals surface area contributed by atoms with Gasteiger partial charge in [0, 0.05) is 6.92 Å². The van der Waals surface area contributed by atoms with Crippen LogP contribution in [0, 0.1) is 0 Å². The molecular formula is C16H21NO6. The third kappa shape index (κ3) is 7.30. The van der Waals surface area contributed by atoms with Crippen LogP contribution in [0.1, 0.15) is 45.7 Å². The number of aliphatic carboxylic acids is 1. The second-order valence-corrected chi connectivity index (χ2v) is 5.96. The molecule has 0 saturated carbocycles. The Kier molecular flexibility index (Phi) is 6.12. The number of hydrogen-bond donors (Lipinski definition) is 2. The van der Waals surface area contributed by atoms with E-state index in [0.29, 0.717) is 11.3 Å². The maximum absolute atomic E-state index is 11.8. The average Bonchev–Trinajstić information content (AvgIpc) is 2.35. The van der Waals surface area contributed by atoms with Gasteiger partial charge in [0.05, 0.1) is 12.5 Å². The van der Waals surface area contributed by atoms with E-state index in [0.717, 1.165) is 0 Å². The summed E-state index contributed by atoms with van der Waals surface area (Å²) in [5.41, 5.74) is -0.119. The predicted molar refractivity (Wildman–Crippen MR) is 82.1 cm³/mol. The van der Waals surface area contributed by atoms with Crippen molar-refractivity contribution in [1.82, 2.24) is 5.32 Å². The number of nitrogens with one attached hydrogen (secondary N) is 1. The number of carboxylic acid groups (broad SMARTS) is 1. The molecule has 7 nitrogen and oxygen atoms in total. The first-order valence-electron chi connectivity index (χ1n) is 7.06. The monoisotopic (exact) mass is 323 g/mol. The lowest BCUT2D eigenvalue weighted by atomic mass is 10.0. The van der Waals surface area contributed by atoms with Gasteiger partial charge in [0.2, 0.25) is 0 Å². The maximum Gasteiger partial charge on any atom is 0.408 e. The standard InChI is InChI=1S/C16H21NO6/c1-10(18)22-12-7-5-11(6-8-12)13(9-14(19)20)17-15(21)23-16(2,3)4/h5-8,13H,9H2,1-4H3,(H,17,21)(H,19,20). The summed E-state index contributed by atoms with van der Waals surface area (Å²) in [6, 6.07) is 5.48. The normalized spacial score (nSPS) is 12.2. The largest absolute Gasteiger partial charge is 0.481 e. The van der Waals surface area contributed by atoms with E-state index in [1.807, 2.05) is 0 Å². The number of esters is 1. The van der Waals surface area contributed by atoms with Gasteiger partial charge in [-0.25, -0.2) is 4.79 Å². The number of amides is 1. The Balaban J connectivity index is 2.87. The van der Waals surface area contributed by atoms with Gasteiger partial charge >= 0.3 is 18.0 Å². The van der Waals surface area contributed by atoms with Crippen LogP contribution in [-0.4, -0.2) is 28.7 Å². The van der Waals surface area contributed by atoms with E-state index in [9.17, 15) is 14.4 Å². The number of hydrogen-bond acceptors (Lipinski definition) is 5. The van der Waals surface area contributed by atoms with Gasteiger partial charge in [-0.3, -0.25) is 9.59 Å². The molecule has 0 spiro atoms. The predicted octanol–water partition coefficient (Wildman–Crippen LogP) is 2.65. The van der Waals surface area contributed by atoms with Gasteiger partial charge in [0.25, 0.3) is 0 Å². The molecule has 0 aliphatic carbocycles. The van der Waals surface area contributed by atoms with Crippen LogP contribution < -0.4 is 10.1 Å². The lowest BCUT2D eigenvalue weighted by Crippen LogP contribution is -2.35. The first-order chi connectivity index (χ1) is 10.6. The van der Waals surface area contributed by atoms with E-state index >= 15 is 0 Å². The minimum absolute atomic E-state index is 0.299. The highest BCUT2D eigenvalue weighted by molar-refractivity contribution is 5.72. The van der Waals surface area contributed by atoms with Crippen LogP contribution in [0.25, 0.3) is 0 Å². The van der Waals surface area contributed by atoms with Gasteiger partial charge in [-0.15, -0.1) is 0 Å². The topological polar surface area (TPSA) is 102 Å². The molecular weight excluding hydrogens is 302 g/mol. The molecule has 2 N–H and O–H groups in total. The number of rotatable bonds is 5. The zero-order valence-electron chi connectivity index (χ0n) is 13.6. The molecule has 126 valence electrons. The number of carbonyl (C=O) groups excluding carboxylic acids is 2. The lowest BCUT2D eigenvalue weighted by Gasteiger charge is -2.23. The molecule has 0 fully saturated rings. The van der Waals surface area contributed by atoms with E-state index in [1.54, 1.807) is 32.9 Å². The van der Waals surface area contributed by atoms with Crippen LogP contribution in [0.4, 0.5) is 4.79 Å². The number of carboxylic acids is 1. The van der Waals surface area contributed by atoms with Crippen LogP contribution >= 0.6 is 0 Å². The Morgan fingerprint density at radius 1 is 1.17 bits per heavy atom. The van der Waals surface area contributed by atoms with Gasteiger partial charge in [-0.1, -0.05) is 12.1 Å². The molecule has 1 amide bonds. The minimum Gasteiger partial charge on any atom is -0.481 e. The zero-order valence-corrected chi connectivity index (χ0v) is 13.6. The summed E-state index contributed by atoms with van der Waals surface area (Å²) in [5.74, 6) is -1.17. The molecule has 0 aliphatic rings. The van der Waals surface area contributed by atoms with Gasteiger partial charge in [-0.05, 0) is 38.5 Å². The van der Waals surface area contributed by atoms with Crippen molar-refractivity contribution >= 4 is 18.0 Å². The number of benzene rings is 1. The summed E-state index contributed by atoms with van der Waals surface area (Å²) in [6.07, 6.45) is -1.00. The fraction of sp³-hybridized carbons (Fsp3) is 0.438. The maximum atomic E-state index is 11.8. The van der Waals surface area contributed by atoms with Crippen molar-refractivity contribution in [3.05, 3.63) is 29.8 Å². The second-order valence-electron chi connectivity index (χ2n) is 5.96. The fourth-order valence-corrected chi connectivity index (χ4v) is 1.81. The molecule has 0 bridgehead atoms. The summed E-state index contributed by atoms with van der Waals surface area (Å²) < 4.78 is 10.0. The summed E-state index contributed by atoms with van der Waals surface area (Å²) >= 11 is 0. The Bertz CT molecular complexity index is 573. The molecule has 7 heteroatoms. The molecule has 0 radical (unpaired) electrons. The highest BCUT2D eigenvalue weighted by Gasteiger charge is 2.22. The van der Waals surface area contributed by atoms with Crippen LogP contribution in [0.2, 0.25) is 0 Å². The van der Waals surface area contributed by atoms with Crippen molar-refractivity contribution in [3.8, 4) is 5.75 Å². The molecule has 0 heterocycles. The van der Waals surface area contributed by atoms with E-state index in [-0.39, 0.29) is 6.42 Å². The highest BCUT2D eigenvalue weighted by Crippen LogP contribution is 2.21. The molecule has 1 atom stereocenters. The third-order valence-corrected chi connectivity index (χ3v) is 2.61. The second kappa shape index (κ2) is 7.62. The molecule has 0 saturated heterocycles. The van der Waals surface area contributed by atoms with Gasteiger partial charge < -0.3 is 19.9 Å². The highest BCUT2D eigenvalue weighted by atomic mass is 16.6. The molecule has 1 aromatic rings. The fourth-order valence-electron chi connectivity index (χ4n) is 1.81. The van der Waals surface area contributed by atoms with E-state index in [2.05, 4.69) is 5.32 Å². The summed E-state index contributed by atoms with van der Waals surface area (Å²) in [4.78, 5) is 33.7. The molecule has 0 aliphatic heterocycles. The quantitative estimate of drug-likeness (QED) is 0.638. The SMILES string of the molecule is CC(=O)Oc1ccc(C(CC(=O)O)NC(=O)OC(C)(C)C)cc1. The van der Waals surface area contributed by atoms with Gasteiger partial charge in [-0.2, -0.15) is 0 Å². The summed E-state index contributed by atoms with van der Waals surface area (Å²) in [5, 5.41) is 11.5. The first-order valence-corrected chi connectivity index (χ1v) is 7.06. The van der Waals surface area contributed by atoms with Crippen molar-refractivity contribution in [1.29, 1.82) is 0 Å². The third-order valence-electron chi connectivity index (χ3n) is 2.61. The van der Waals surface area contributed by atoms with Crippen molar-refractivity contribution in [3.63, 3.8) is 0 Å². The van der Waals surface area contributed by atoms with Gasteiger partial charge in [0.1, 0.15) is 11.4 Å². The lowest BCUT2D eigenvalue weighted by molar-refractivity contribution is -0.137. The molecule has 0 aromatic heterocycles. The zero-order chi connectivity index (χ0) is 17.6. The average molecular weight is 323 g/mol. The summed E-state index contributed by atoms with van der Waals surface area (Å²) in [7, 11) is 0. The van der Waals surface area contributed by atoms with Crippen LogP contribution in [-0.2, 0) is 14.3 Å².